The van der Waals surface area contributed by atoms with Crippen molar-refractivity contribution in [2.75, 3.05) is 19.6 Å². The first-order valence-electron chi connectivity index (χ1n) is 10.5. The van der Waals surface area contributed by atoms with E-state index in [1.54, 1.807) is 6.07 Å². The number of hydrogen-bond donors (Lipinski definition) is 0. The third kappa shape index (κ3) is 5.98. The summed E-state index contributed by atoms with van der Waals surface area (Å²) in [4.78, 5) is 2.53. The molecule has 1 heterocycles. The molecule has 1 unspecified atom stereocenters. The van der Waals surface area contributed by atoms with Gasteiger partial charge in [0.2, 0.25) is 10.0 Å². The second-order valence-electron chi connectivity index (χ2n) is 8.13. The smallest absolute Gasteiger partial charge is 0.244 e. The third-order valence-electron chi connectivity index (χ3n) is 5.78. The van der Waals surface area contributed by atoms with E-state index in [9.17, 15) is 8.42 Å². The van der Waals surface area contributed by atoms with Crippen LogP contribution in [0.4, 0.5) is 0 Å². The first kappa shape index (κ1) is 23.6. The summed E-state index contributed by atoms with van der Waals surface area (Å²) in [5.41, 5.74) is 2.10. The average molecular weight is 469 g/mol. The van der Waals surface area contributed by atoms with Crippen molar-refractivity contribution in [1.29, 1.82) is 0 Å². The Morgan fingerprint density at radius 3 is 2.53 bits per heavy atom. The van der Waals surface area contributed by atoms with E-state index < -0.39 is 10.0 Å². The van der Waals surface area contributed by atoms with Gasteiger partial charge in [-0.25, -0.2) is 8.42 Å². The van der Waals surface area contributed by atoms with Gasteiger partial charge in [0.1, 0.15) is 4.90 Å². The minimum Gasteiger partial charge on any atom is -0.301 e. The van der Waals surface area contributed by atoms with Crippen molar-refractivity contribution in [3.8, 4) is 0 Å². The van der Waals surface area contributed by atoms with Crippen molar-refractivity contribution >= 4 is 33.2 Å². The van der Waals surface area contributed by atoms with Gasteiger partial charge < -0.3 is 4.90 Å². The van der Waals surface area contributed by atoms with E-state index in [2.05, 4.69) is 11.8 Å². The predicted octanol–water partition coefficient (Wildman–Crippen LogP) is 5.76. The Morgan fingerprint density at radius 1 is 1.10 bits per heavy atom. The lowest BCUT2D eigenvalue weighted by Crippen LogP contribution is -2.40. The molecule has 7 heteroatoms. The molecule has 1 saturated heterocycles. The lowest BCUT2D eigenvalue weighted by Gasteiger charge is -2.34. The maximum atomic E-state index is 13.5. The molecule has 0 radical (unpaired) electrons. The Bertz CT molecular complexity index is 948. The lowest BCUT2D eigenvalue weighted by molar-refractivity contribution is 0.155. The van der Waals surface area contributed by atoms with E-state index in [-0.39, 0.29) is 9.92 Å². The van der Waals surface area contributed by atoms with Gasteiger partial charge in [-0.15, -0.1) is 0 Å². The number of hydrogen-bond acceptors (Lipinski definition) is 3. The van der Waals surface area contributed by atoms with Gasteiger partial charge in [0.15, 0.2) is 0 Å². The third-order valence-corrected chi connectivity index (χ3v) is 8.35. The van der Waals surface area contributed by atoms with Gasteiger partial charge in [0, 0.05) is 24.2 Å². The van der Waals surface area contributed by atoms with Crippen molar-refractivity contribution in [3.63, 3.8) is 0 Å². The Kier molecular flexibility index (Phi) is 8.22. The van der Waals surface area contributed by atoms with Crippen molar-refractivity contribution in [3.05, 3.63) is 63.6 Å². The lowest BCUT2D eigenvalue weighted by atomic mass is 10.0. The summed E-state index contributed by atoms with van der Waals surface area (Å²) in [5, 5.41) is 0.549. The fourth-order valence-electron chi connectivity index (χ4n) is 3.94. The molecule has 0 N–H and O–H groups in total. The Hall–Kier alpha value is -1.11. The molecule has 1 aliphatic rings. The molecule has 0 aliphatic carbocycles. The summed E-state index contributed by atoms with van der Waals surface area (Å²) >= 11 is 12.3. The number of sulfonamides is 1. The van der Waals surface area contributed by atoms with Crippen LogP contribution < -0.4 is 0 Å². The molecule has 0 amide bonds. The minimum atomic E-state index is -3.78. The highest BCUT2D eigenvalue weighted by Crippen LogP contribution is 2.29. The highest BCUT2D eigenvalue weighted by atomic mass is 35.5. The zero-order valence-corrected chi connectivity index (χ0v) is 20.0. The van der Waals surface area contributed by atoms with E-state index in [1.807, 2.05) is 31.2 Å². The zero-order chi connectivity index (χ0) is 21.7. The highest BCUT2D eigenvalue weighted by Gasteiger charge is 2.28. The van der Waals surface area contributed by atoms with Crippen LogP contribution in [0, 0.1) is 6.92 Å². The van der Waals surface area contributed by atoms with E-state index in [4.69, 9.17) is 23.2 Å². The Labute approximate surface area is 190 Å². The fraction of sp³-hybridized carbons (Fsp3) is 0.478. The highest BCUT2D eigenvalue weighted by molar-refractivity contribution is 7.89. The van der Waals surface area contributed by atoms with Crippen LogP contribution in [0.3, 0.4) is 0 Å². The molecule has 3 rings (SSSR count). The number of halogens is 2. The van der Waals surface area contributed by atoms with Crippen LogP contribution in [-0.2, 0) is 16.6 Å². The molecule has 164 valence electrons. The number of aryl methyl sites for hydroxylation is 1. The van der Waals surface area contributed by atoms with Crippen LogP contribution in [0.2, 0.25) is 10.0 Å². The standard InChI is InChI=1S/C23H30Cl2N2O2S/c1-18-7-9-20(10-8-18)17-27(15-5-14-26-13-4-3-6-19(26)2)30(28,29)23-16-21(24)11-12-22(23)25/h7-12,16,19H,3-6,13-15,17H2,1-2H3. The molecular weight excluding hydrogens is 439 g/mol. The first-order valence-corrected chi connectivity index (χ1v) is 12.7. The van der Waals surface area contributed by atoms with Crippen LogP contribution >= 0.6 is 23.2 Å². The van der Waals surface area contributed by atoms with Gasteiger partial charge >= 0.3 is 0 Å². The van der Waals surface area contributed by atoms with E-state index in [1.165, 1.54) is 35.7 Å². The minimum absolute atomic E-state index is 0.0649. The molecule has 30 heavy (non-hydrogen) atoms. The Morgan fingerprint density at radius 2 is 1.83 bits per heavy atom. The van der Waals surface area contributed by atoms with Crippen LogP contribution in [-0.4, -0.2) is 43.3 Å². The predicted molar refractivity (Wildman–Crippen MR) is 125 cm³/mol. The number of benzene rings is 2. The number of rotatable bonds is 8. The number of piperidine rings is 1. The summed E-state index contributed by atoms with van der Waals surface area (Å²) in [6.45, 7) is 7.00. The van der Waals surface area contributed by atoms with Gasteiger partial charge in [0.25, 0.3) is 0 Å². The SMILES string of the molecule is Cc1ccc(CN(CCCN2CCCCC2C)S(=O)(=O)c2cc(Cl)ccc2Cl)cc1. The second kappa shape index (κ2) is 10.5. The summed E-state index contributed by atoms with van der Waals surface area (Å²) in [6, 6.07) is 13.1. The molecule has 0 bridgehead atoms. The summed E-state index contributed by atoms with van der Waals surface area (Å²) in [5.74, 6) is 0. The van der Waals surface area contributed by atoms with Gasteiger partial charge in [-0.2, -0.15) is 4.31 Å². The number of likely N-dealkylation sites (tertiary alicyclic amines) is 1. The zero-order valence-electron chi connectivity index (χ0n) is 17.7. The Balaban J connectivity index is 1.80. The van der Waals surface area contributed by atoms with Gasteiger partial charge in [-0.1, -0.05) is 59.5 Å². The maximum absolute atomic E-state index is 13.5. The van der Waals surface area contributed by atoms with E-state index >= 15 is 0 Å². The van der Waals surface area contributed by atoms with Crippen LogP contribution in [0.1, 0.15) is 43.7 Å². The van der Waals surface area contributed by atoms with Gasteiger partial charge in [0.05, 0.1) is 5.02 Å². The molecule has 2 aromatic carbocycles. The van der Waals surface area contributed by atoms with Crippen molar-refractivity contribution in [1.82, 2.24) is 9.21 Å². The second-order valence-corrected chi connectivity index (χ2v) is 10.9. The molecule has 0 aromatic heterocycles. The van der Waals surface area contributed by atoms with Gasteiger partial charge in [-0.3, -0.25) is 0 Å². The van der Waals surface area contributed by atoms with Crippen molar-refractivity contribution in [2.24, 2.45) is 0 Å². The van der Waals surface area contributed by atoms with Gasteiger partial charge in [-0.05, 0) is 70.0 Å². The molecule has 0 spiro atoms. The molecule has 0 saturated carbocycles. The largest absolute Gasteiger partial charge is 0.301 e. The monoisotopic (exact) mass is 468 g/mol. The summed E-state index contributed by atoms with van der Waals surface area (Å²) in [6.07, 6.45) is 4.48. The molecule has 1 fully saturated rings. The normalized spacial score (nSPS) is 18.1. The molecule has 4 nitrogen and oxygen atoms in total. The van der Waals surface area contributed by atoms with E-state index in [0.29, 0.717) is 24.2 Å². The molecule has 1 aliphatic heterocycles. The molecular formula is C23H30Cl2N2O2S. The average Bonchev–Trinajstić information content (AvgIpc) is 2.71. The first-order chi connectivity index (χ1) is 14.3. The topological polar surface area (TPSA) is 40.6 Å². The quantitative estimate of drug-likeness (QED) is 0.494. The summed E-state index contributed by atoms with van der Waals surface area (Å²) in [7, 11) is -3.78. The van der Waals surface area contributed by atoms with Crippen molar-refractivity contribution in [2.45, 2.75) is 57.0 Å². The summed E-state index contributed by atoms with van der Waals surface area (Å²) < 4.78 is 28.5. The van der Waals surface area contributed by atoms with Crippen molar-refractivity contribution < 1.29 is 8.42 Å². The van der Waals surface area contributed by atoms with Crippen LogP contribution in [0.25, 0.3) is 0 Å². The molecule has 2 aromatic rings. The fourth-order valence-corrected chi connectivity index (χ4v) is 6.14. The molecule has 1 atom stereocenters. The van der Waals surface area contributed by atoms with Crippen LogP contribution in [0.5, 0.6) is 0 Å². The number of nitrogens with zero attached hydrogens (tertiary/aromatic N) is 2. The maximum Gasteiger partial charge on any atom is 0.244 e. The van der Waals surface area contributed by atoms with E-state index in [0.717, 1.165) is 30.6 Å². The van der Waals surface area contributed by atoms with Crippen LogP contribution in [0.15, 0.2) is 47.4 Å².